The lowest BCUT2D eigenvalue weighted by molar-refractivity contribution is 0.0984. The largest absolute Gasteiger partial charge is 0.504 e. The predicted octanol–water partition coefficient (Wildman–Crippen LogP) is 2.66. The standard InChI is InChI=1S/C16H14N2O3/c17-10-5-11-18(12-6-2-1-3-7-12)16(21)13-8-4-9-14(19)15(13)20/h1-4,6-9,19-20H,5,11H2. The second-order valence-electron chi connectivity index (χ2n) is 4.37. The summed E-state index contributed by atoms with van der Waals surface area (Å²) in [6.45, 7) is 0.203. The summed E-state index contributed by atoms with van der Waals surface area (Å²) >= 11 is 0. The Labute approximate surface area is 122 Å². The number of rotatable bonds is 4. The highest BCUT2D eigenvalue weighted by Crippen LogP contribution is 2.30. The monoisotopic (exact) mass is 282 g/mol. The van der Waals surface area contributed by atoms with Crippen LogP contribution in [0.3, 0.4) is 0 Å². The number of phenols is 2. The molecular weight excluding hydrogens is 268 g/mol. The number of carbonyl (C=O) groups excluding carboxylic acids is 1. The molecule has 0 fully saturated rings. The average Bonchev–Trinajstić information content (AvgIpc) is 2.51. The fraction of sp³-hybridized carbons (Fsp3) is 0.125. The Balaban J connectivity index is 2.39. The fourth-order valence-electron chi connectivity index (χ4n) is 1.97. The molecule has 0 heterocycles. The summed E-state index contributed by atoms with van der Waals surface area (Å²) in [6, 6.07) is 15.1. The molecule has 5 nitrogen and oxygen atoms in total. The van der Waals surface area contributed by atoms with Crippen molar-refractivity contribution in [3.05, 3.63) is 54.1 Å². The maximum atomic E-state index is 12.6. The van der Waals surface area contributed by atoms with Crippen molar-refractivity contribution in [2.24, 2.45) is 0 Å². The summed E-state index contributed by atoms with van der Waals surface area (Å²) in [4.78, 5) is 14.0. The molecular formula is C16H14N2O3. The zero-order chi connectivity index (χ0) is 15.2. The molecule has 0 spiro atoms. The molecule has 0 unspecified atom stereocenters. The minimum absolute atomic E-state index is 0.00297. The summed E-state index contributed by atoms with van der Waals surface area (Å²) in [5, 5.41) is 28.1. The molecule has 0 saturated carbocycles. The second kappa shape index (κ2) is 6.44. The van der Waals surface area contributed by atoms with Gasteiger partial charge in [0.2, 0.25) is 0 Å². The van der Waals surface area contributed by atoms with Crippen LogP contribution in [0.15, 0.2) is 48.5 Å². The summed E-state index contributed by atoms with van der Waals surface area (Å²) < 4.78 is 0. The van der Waals surface area contributed by atoms with Crippen LogP contribution in [0.2, 0.25) is 0 Å². The van der Waals surface area contributed by atoms with Crippen LogP contribution in [0.5, 0.6) is 11.5 Å². The highest BCUT2D eigenvalue weighted by atomic mass is 16.3. The number of amides is 1. The zero-order valence-electron chi connectivity index (χ0n) is 11.2. The molecule has 0 saturated heterocycles. The van der Waals surface area contributed by atoms with Crippen LogP contribution in [0.4, 0.5) is 5.69 Å². The topological polar surface area (TPSA) is 84.6 Å². The van der Waals surface area contributed by atoms with Crippen LogP contribution in [0.25, 0.3) is 0 Å². The number of para-hydroxylation sites is 2. The molecule has 0 radical (unpaired) electrons. The van der Waals surface area contributed by atoms with Crippen molar-refractivity contribution in [3.63, 3.8) is 0 Å². The van der Waals surface area contributed by atoms with Gasteiger partial charge in [-0.25, -0.2) is 0 Å². The van der Waals surface area contributed by atoms with Crippen LogP contribution in [-0.4, -0.2) is 22.7 Å². The lowest BCUT2D eigenvalue weighted by atomic mass is 10.1. The van der Waals surface area contributed by atoms with E-state index in [1.54, 1.807) is 24.3 Å². The van der Waals surface area contributed by atoms with Gasteiger partial charge in [-0.2, -0.15) is 5.26 Å². The molecule has 106 valence electrons. The SMILES string of the molecule is N#CCCN(C(=O)c1cccc(O)c1O)c1ccccc1. The molecule has 2 rings (SSSR count). The Kier molecular flexibility index (Phi) is 4.42. The van der Waals surface area contributed by atoms with Gasteiger partial charge in [-0.3, -0.25) is 4.79 Å². The summed E-state index contributed by atoms with van der Waals surface area (Å²) in [7, 11) is 0. The average molecular weight is 282 g/mol. The van der Waals surface area contributed by atoms with Gasteiger partial charge in [0.25, 0.3) is 5.91 Å². The van der Waals surface area contributed by atoms with Crippen LogP contribution in [-0.2, 0) is 0 Å². The van der Waals surface area contributed by atoms with Gasteiger partial charge in [0.1, 0.15) is 0 Å². The van der Waals surface area contributed by atoms with E-state index in [2.05, 4.69) is 0 Å². The first-order valence-electron chi connectivity index (χ1n) is 6.40. The third-order valence-corrected chi connectivity index (χ3v) is 3.01. The summed E-state index contributed by atoms with van der Waals surface area (Å²) in [6.07, 6.45) is 0.167. The number of aromatic hydroxyl groups is 2. The molecule has 0 bridgehead atoms. The molecule has 0 atom stereocenters. The Morgan fingerprint density at radius 1 is 1.10 bits per heavy atom. The van der Waals surface area contributed by atoms with Crippen molar-refractivity contribution in [3.8, 4) is 17.6 Å². The Bertz CT molecular complexity index is 678. The first kappa shape index (κ1) is 14.4. The Morgan fingerprint density at radius 2 is 1.81 bits per heavy atom. The van der Waals surface area contributed by atoms with Crippen LogP contribution < -0.4 is 4.90 Å². The number of nitrogens with zero attached hydrogens (tertiary/aromatic N) is 2. The molecule has 0 aliphatic heterocycles. The highest BCUT2D eigenvalue weighted by molar-refractivity contribution is 6.08. The van der Waals surface area contributed by atoms with E-state index in [-0.39, 0.29) is 24.3 Å². The van der Waals surface area contributed by atoms with Gasteiger partial charge in [0.15, 0.2) is 11.5 Å². The van der Waals surface area contributed by atoms with Gasteiger partial charge in [-0.05, 0) is 24.3 Å². The lowest BCUT2D eigenvalue weighted by Gasteiger charge is -2.22. The van der Waals surface area contributed by atoms with Gasteiger partial charge in [-0.1, -0.05) is 24.3 Å². The van der Waals surface area contributed by atoms with E-state index < -0.39 is 11.7 Å². The number of anilines is 1. The maximum Gasteiger partial charge on any atom is 0.262 e. The molecule has 0 aliphatic rings. The van der Waals surface area contributed by atoms with Gasteiger partial charge in [-0.15, -0.1) is 0 Å². The number of phenolic OH excluding ortho intramolecular Hbond substituents is 2. The number of hydrogen-bond acceptors (Lipinski definition) is 4. The van der Waals surface area contributed by atoms with Gasteiger partial charge in [0, 0.05) is 12.2 Å². The number of nitriles is 1. The summed E-state index contributed by atoms with van der Waals surface area (Å²) in [5.74, 6) is -1.28. The van der Waals surface area contributed by atoms with Gasteiger partial charge < -0.3 is 15.1 Å². The van der Waals surface area contributed by atoms with E-state index in [1.807, 2.05) is 12.1 Å². The van der Waals surface area contributed by atoms with Crippen molar-refractivity contribution in [1.82, 2.24) is 0 Å². The molecule has 2 aromatic carbocycles. The number of hydrogen-bond donors (Lipinski definition) is 2. The number of benzene rings is 2. The summed E-state index contributed by atoms with van der Waals surface area (Å²) in [5.41, 5.74) is 0.622. The van der Waals surface area contributed by atoms with E-state index >= 15 is 0 Å². The fourth-order valence-corrected chi connectivity index (χ4v) is 1.97. The minimum Gasteiger partial charge on any atom is -0.504 e. The molecule has 0 aromatic heterocycles. The Morgan fingerprint density at radius 3 is 2.48 bits per heavy atom. The maximum absolute atomic E-state index is 12.6. The quantitative estimate of drug-likeness (QED) is 0.844. The van der Waals surface area contributed by atoms with Gasteiger partial charge >= 0.3 is 0 Å². The Hall–Kier alpha value is -3.00. The molecule has 1 amide bonds. The number of carbonyl (C=O) groups is 1. The minimum atomic E-state index is -0.468. The van der Waals surface area contributed by atoms with Crippen molar-refractivity contribution in [2.75, 3.05) is 11.4 Å². The molecule has 0 aliphatic carbocycles. The molecule has 5 heteroatoms. The molecule has 2 aromatic rings. The van der Waals surface area contributed by atoms with E-state index in [4.69, 9.17) is 5.26 Å². The van der Waals surface area contributed by atoms with E-state index in [0.29, 0.717) is 5.69 Å². The van der Waals surface area contributed by atoms with Gasteiger partial charge in [0.05, 0.1) is 18.1 Å². The smallest absolute Gasteiger partial charge is 0.262 e. The van der Waals surface area contributed by atoms with E-state index in [9.17, 15) is 15.0 Å². The van der Waals surface area contributed by atoms with Crippen LogP contribution >= 0.6 is 0 Å². The normalized spacial score (nSPS) is 9.86. The van der Waals surface area contributed by atoms with Crippen molar-refractivity contribution >= 4 is 11.6 Å². The van der Waals surface area contributed by atoms with Crippen LogP contribution in [0.1, 0.15) is 16.8 Å². The third-order valence-electron chi connectivity index (χ3n) is 3.01. The van der Waals surface area contributed by atoms with E-state index in [0.717, 1.165) is 0 Å². The first-order chi connectivity index (χ1) is 10.1. The second-order valence-corrected chi connectivity index (χ2v) is 4.37. The van der Waals surface area contributed by atoms with Crippen LogP contribution in [0, 0.1) is 11.3 Å². The highest BCUT2D eigenvalue weighted by Gasteiger charge is 2.21. The van der Waals surface area contributed by atoms with E-state index in [1.165, 1.54) is 23.1 Å². The zero-order valence-corrected chi connectivity index (χ0v) is 11.2. The first-order valence-corrected chi connectivity index (χ1v) is 6.40. The van der Waals surface area contributed by atoms with Crippen molar-refractivity contribution in [1.29, 1.82) is 5.26 Å². The molecule has 21 heavy (non-hydrogen) atoms. The third kappa shape index (κ3) is 3.12. The molecule has 2 N–H and O–H groups in total. The lowest BCUT2D eigenvalue weighted by Crippen LogP contribution is -2.31. The van der Waals surface area contributed by atoms with Crippen molar-refractivity contribution < 1.29 is 15.0 Å². The predicted molar refractivity (Wildman–Crippen MR) is 78.1 cm³/mol. The van der Waals surface area contributed by atoms with Crippen molar-refractivity contribution in [2.45, 2.75) is 6.42 Å².